The lowest BCUT2D eigenvalue weighted by atomic mass is 9.78. The van der Waals surface area contributed by atoms with Gasteiger partial charge in [-0.25, -0.2) is 0 Å². The highest BCUT2D eigenvalue weighted by atomic mass is 16.5. The minimum Gasteiger partial charge on any atom is -0.497 e. The van der Waals surface area contributed by atoms with Crippen LogP contribution in [0.15, 0.2) is 73.3 Å². The van der Waals surface area contributed by atoms with Crippen LogP contribution in [0.1, 0.15) is 13.8 Å². The molecule has 0 saturated carbocycles. The zero-order valence-electron chi connectivity index (χ0n) is 12.5. The van der Waals surface area contributed by atoms with E-state index >= 15 is 0 Å². The van der Waals surface area contributed by atoms with Gasteiger partial charge in [0.2, 0.25) is 0 Å². The van der Waals surface area contributed by atoms with Gasteiger partial charge in [0.05, 0.1) is 14.2 Å². The van der Waals surface area contributed by atoms with Gasteiger partial charge in [0, 0.05) is 5.41 Å². The van der Waals surface area contributed by atoms with Crippen molar-refractivity contribution in [3.05, 3.63) is 73.3 Å². The number of hydrogen-bond acceptors (Lipinski definition) is 2. The molecule has 0 rings (SSSR count). The maximum Gasteiger partial charge on any atom is 0.111 e. The van der Waals surface area contributed by atoms with E-state index in [0.717, 1.165) is 11.1 Å². The van der Waals surface area contributed by atoms with Crippen LogP contribution in [-0.4, -0.2) is 14.2 Å². The zero-order chi connectivity index (χ0) is 15.1. The molecular formula is C17H24O2. The third kappa shape index (κ3) is 5.47. The van der Waals surface area contributed by atoms with Gasteiger partial charge >= 0.3 is 0 Å². The van der Waals surface area contributed by atoms with Crippen molar-refractivity contribution >= 4 is 0 Å². The molecule has 0 spiro atoms. The molecule has 0 saturated heterocycles. The van der Waals surface area contributed by atoms with Gasteiger partial charge in [-0.1, -0.05) is 52.3 Å². The summed E-state index contributed by atoms with van der Waals surface area (Å²) in [6, 6.07) is 0. The first kappa shape index (κ1) is 17.0. The van der Waals surface area contributed by atoms with Crippen molar-refractivity contribution < 1.29 is 9.47 Å². The third-order valence-electron chi connectivity index (χ3n) is 3.07. The molecule has 104 valence electrons. The molecule has 0 aliphatic rings. The molecule has 2 heteroatoms. The second-order valence-corrected chi connectivity index (χ2v) is 4.68. The summed E-state index contributed by atoms with van der Waals surface area (Å²) in [5, 5.41) is 0. The number of methoxy groups -OCH3 is 2. The Bertz CT molecular complexity index is 394. The van der Waals surface area contributed by atoms with E-state index in [9.17, 15) is 0 Å². The molecule has 2 nitrogen and oxygen atoms in total. The Hall–Kier alpha value is -1.96. The first-order valence-electron chi connectivity index (χ1n) is 5.96. The lowest BCUT2D eigenvalue weighted by Gasteiger charge is -2.26. The largest absolute Gasteiger partial charge is 0.497 e. The lowest BCUT2D eigenvalue weighted by molar-refractivity contribution is 0.308. The summed E-state index contributed by atoms with van der Waals surface area (Å²) in [6.07, 6.45) is 7.34. The van der Waals surface area contributed by atoms with Gasteiger partial charge in [0.15, 0.2) is 0 Å². The van der Waals surface area contributed by atoms with Crippen LogP contribution in [0.25, 0.3) is 0 Å². The van der Waals surface area contributed by atoms with E-state index in [1.165, 1.54) is 0 Å². The van der Waals surface area contributed by atoms with E-state index in [4.69, 9.17) is 9.47 Å². The molecule has 19 heavy (non-hydrogen) atoms. The van der Waals surface area contributed by atoms with E-state index in [1.54, 1.807) is 26.4 Å². The van der Waals surface area contributed by atoms with E-state index in [0.29, 0.717) is 11.5 Å². The predicted molar refractivity (Wildman–Crippen MR) is 82.6 cm³/mol. The summed E-state index contributed by atoms with van der Waals surface area (Å²) in [5.41, 5.74) is 1.57. The highest BCUT2D eigenvalue weighted by molar-refractivity contribution is 5.39. The summed E-state index contributed by atoms with van der Waals surface area (Å²) >= 11 is 0. The van der Waals surface area contributed by atoms with Crippen LogP contribution in [0.2, 0.25) is 0 Å². The van der Waals surface area contributed by atoms with Gasteiger partial charge < -0.3 is 9.47 Å². The van der Waals surface area contributed by atoms with Crippen molar-refractivity contribution in [2.75, 3.05) is 14.2 Å². The molecule has 0 radical (unpaired) electrons. The van der Waals surface area contributed by atoms with Crippen LogP contribution in [0, 0.1) is 5.41 Å². The zero-order valence-corrected chi connectivity index (χ0v) is 12.5. The molecule has 0 N–H and O–H groups in total. The Balaban J connectivity index is 4.86. The molecule has 0 amide bonds. The SMILES string of the molecule is C=C(/C=C\C(=C)C(C)(C)C(=C)/C=C\C(=C)OC)OC. The number of hydrogen-bond donors (Lipinski definition) is 0. The Labute approximate surface area is 117 Å². The molecule has 0 heterocycles. The van der Waals surface area contributed by atoms with Crippen LogP contribution < -0.4 is 0 Å². The fourth-order valence-electron chi connectivity index (χ4n) is 1.15. The van der Waals surface area contributed by atoms with Gasteiger partial charge in [-0.15, -0.1) is 0 Å². The monoisotopic (exact) mass is 260 g/mol. The van der Waals surface area contributed by atoms with E-state index in [1.807, 2.05) is 12.2 Å². The maximum absolute atomic E-state index is 4.98. The van der Waals surface area contributed by atoms with E-state index in [2.05, 4.69) is 40.2 Å². The molecule has 0 aliphatic carbocycles. The summed E-state index contributed by atoms with van der Waals surface area (Å²) in [6.45, 7) is 19.7. The molecule has 0 aromatic heterocycles. The first-order valence-corrected chi connectivity index (χ1v) is 5.96. The predicted octanol–water partition coefficient (Wildman–Crippen LogP) is 4.56. The van der Waals surface area contributed by atoms with Gasteiger partial charge in [-0.2, -0.15) is 0 Å². The highest BCUT2D eigenvalue weighted by Crippen LogP contribution is 2.34. The first-order chi connectivity index (χ1) is 8.75. The van der Waals surface area contributed by atoms with Gasteiger partial charge in [-0.05, 0) is 23.3 Å². The maximum atomic E-state index is 4.98. The standard InChI is InChI=1S/C17H24O2/c1-13(9-11-15(3)18-7)17(5,6)14(2)10-12-16(4)19-8/h9-12H,1-4H2,5-8H3/b11-9-,12-10-. The minimum absolute atomic E-state index is 0.269. The van der Waals surface area contributed by atoms with Crippen LogP contribution in [0.3, 0.4) is 0 Å². The van der Waals surface area contributed by atoms with Gasteiger partial charge in [0.1, 0.15) is 11.5 Å². The number of allylic oxidation sites excluding steroid dienone is 6. The third-order valence-corrected chi connectivity index (χ3v) is 3.07. The smallest absolute Gasteiger partial charge is 0.111 e. The van der Waals surface area contributed by atoms with Crippen molar-refractivity contribution in [2.24, 2.45) is 5.41 Å². The molecule has 0 atom stereocenters. The van der Waals surface area contributed by atoms with Crippen LogP contribution >= 0.6 is 0 Å². The van der Waals surface area contributed by atoms with Crippen LogP contribution in [0.5, 0.6) is 0 Å². The molecule has 0 aliphatic heterocycles. The van der Waals surface area contributed by atoms with Crippen molar-refractivity contribution in [3.63, 3.8) is 0 Å². The van der Waals surface area contributed by atoms with Crippen LogP contribution in [-0.2, 0) is 9.47 Å². The molecule has 0 bridgehead atoms. The van der Waals surface area contributed by atoms with Crippen molar-refractivity contribution in [1.82, 2.24) is 0 Å². The topological polar surface area (TPSA) is 18.5 Å². The number of rotatable bonds is 8. The number of ether oxygens (including phenoxy) is 2. The quantitative estimate of drug-likeness (QED) is 0.470. The van der Waals surface area contributed by atoms with Crippen LogP contribution in [0.4, 0.5) is 0 Å². The average Bonchev–Trinajstić information content (AvgIpc) is 2.40. The molecule has 0 aromatic rings. The normalized spacial score (nSPS) is 11.6. The Kier molecular flexibility index (Phi) is 6.70. The molecular weight excluding hydrogens is 236 g/mol. The van der Waals surface area contributed by atoms with E-state index in [-0.39, 0.29) is 5.41 Å². The highest BCUT2D eigenvalue weighted by Gasteiger charge is 2.22. The van der Waals surface area contributed by atoms with Crippen molar-refractivity contribution in [3.8, 4) is 0 Å². The molecule has 0 aromatic carbocycles. The molecule has 0 fully saturated rings. The molecule has 0 unspecified atom stereocenters. The second kappa shape index (κ2) is 7.47. The summed E-state index contributed by atoms with van der Waals surface area (Å²) in [4.78, 5) is 0. The fourth-order valence-corrected chi connectivity index (χ4v) is 1.15. The Morgan fingerprint density at radius 3 is 1.32 bits per heavy atom. The minimum atomic E-state index is -0.269. The summed E-state index contributed by atoms with van der Waals surface area (Å²) < 4.78 is 9.96. The average molecular weight is 260 g/mol. The summed E-state index contributed by atoms with van der Waals surface area (Å²) in [7, 11) is 3.16. The lowest BCUT2D eigenvalue weighted by Crippen LogP contribution is -2.14. The van der Waals surface area contributed by atoms with Gasteiger partial charge in [-0.3, -0.25) is 0 Å². The van der Waals surface area contributed by atoms with Crippen molar-refractivity contribution in [1.29, 1.82) is 0 Å². The van der Waals surface area contributed by atoms with Gasteiger partial charge in [0.25, 0.3) is 0 Å². The second-order valence-electron chi connectivity index (χ2n) is 4.68. The van der Waals surface area contributed by atoms with E-state index < -0.39 is 0 Å². The van der Waals surface area contributed by atoms with Crippen molar-refractivity contribution in [2.45, 2.75) is 13.8 Å². The fraction of sp³-hybridized carbons (Fsp3) is 0.294. The Morgan fingerprint density at radius 2 is 1.05 bits per heavy atom. The Morgan fingerprint density at radius 1 is 0.737 bits per heavy atom. The summed E-state index contributed by atoms with van der Waals surface area (Å²) in [5.74, 6) is 1.18.